The number of hydrogen-bond donors (Lipinski definition) is 1. The van der Waals surface area contributed by atoms with Gasteiger partial charge < -0.3 is 10.5 Å². The average molecular weight is 328 g/mol. The van der Waals surface area contributed by atoms with Crippen molar-refractivity contribution in [2.75, 3.05) is 5.73 Å². The summed E-state index contributed by atoms with van der Waals surface area (Å²) in [6.07, 6.45) is 0. The summed E-state index contributed by atoms with van der Waals surface area (Å²) in [6.45, 7) is 1.60. The lowest BCUT2D eigenvalue weighted by Gasteiger charge is -2.12. The molecule has 0 bridgehead atoms. The molecule has 0 unspecified atom stereocenters. The second kappa shape index (κ2) is 5.57. The third kappa shape index (κ3) is 2.87. The largest absolute Gasteiger partial charge is 0.488 e. The van der Waals surface area contributed by atoms with Crippen molar-refractivity contribution >= 4 is 21.6 Å². The molecule has 0 heterocycles. The highest BCUT2D eigenvalue weighted by molar-refractivity contribution is 9.10. The van der Waals surface area contributed by atoms with Gasteiger partial charge in [-0.3, -0.25) is 0 Å². The fourth-order valence-electron chi connectivity index (χ4n) is 1.64. The molecule has 0 aliphatic rings. The molecule has 2 N–H and O–H groups in total. The molecule has 0 aromatic heterocycles. The van der Waals surface area contributed by atoms with E-state index in [1.165, 1.54) is 12.1 Å². The van der Waals surface area contributed by atoms with E-state index in [0.717, 1.165) is 5.56 Å². The zero-order chi connectivity index (χ0) is 14.0. The minimum atomic E-state index is -0.651. The predicted octanol–water partition coefficient (Wildman–Crippen LogP) is 4.20. The van der Waals surface area contributed by atoms with E-state index in [-0.39, 0.29) is 16.6 Å². The lowest BCUT2D eigenvalue weighted by molar-refractivity contribution is 0.290. The van der Waals surface area contributed by atoms with E-state index in [1.807, 2.05) is 0 Å². The summed E-state index contributed by atoms with van der Waals surface area (Å²) in [5.74, 6) is -0.775. The van der Waals surface area contributed by atoms with E-state index >= 15 is 0 Å². The van der Waals surface area contributed by atoms with E-state index in [4.69, 9.17) is 10.5 Å². The van der Waals surface area contributed by atoms with Gasteiger partial charge in [-0.1, -0.05) is 6.07 Å². The van der Waals surface area contributed by atoms with E-state index in [2.05, 4.69) is 15.9 Å². The number of benzene rings is 2. The van der Waals surface area contributed by atoms with Crippen LogP contribution >= 0.6 is 15.9 Å². The van der Waals surface area contributed by atoms with Gasteiger partial charge in [-0.25, -0.2) is 8.78 Å². The quantitative estimate of drug-likeness (QED) is 0.677. The lowest BCUT2D eigenvalue weighted by Crippen LogP contribution is -2.04. The van der Waals surface area contributed by atoms with Gasteiger partial charge in [0, 0.05) is 11.3 Å². The normalized spacial score (nSPS) is 10.5. The summed E-state index contributed by atoms with van der Waals surface area (Å²) >= 11 is 3.02. The average Bonchev–Trinajstić information content (AvgIpc) is 2.39. The SMILES string of the molecule is Cc1c(N)cccc1OCc1c(F)ccc(Br)c1F. The van der Waals surface area contributed by atoms with E-state index in [0.29, 0.717) is 11.4 Å². The third-order valence-corrected chi connectivity index (χ3v) is 3.45. The molecule has 19 heavy (non-hydrogen) atoms. The van der Waals surface area contributed by atoms with Crippen LogP contribution in [0, 0.1) is 18.6 Å². The number of rotatable bonds is 3. The zero-order valence-electron chi connectivity index (χ0n) is 10.2. The molecule has 0 aliphatic heterocycles. The highest BCUT2D eigenvalue weighted by Gasteiger charge is 2.13. The summed E-state index contributed by atoms with van der Waals surface area (Å²) in [6, 6.07) is 7.69. The summed E-state index contributed by atoms with van der Waals surface area (Å²) in [7, 11) is 0. The van der Waals surface area contributed by atoms with Crippen LogP contribution in [0.3, 0.4) is 0 Å². The molecule has 5 heteroatoms. The van der Waals surface area contributed by atoms with Crippen molar-refractivity contribution in [3.05, 3.63) is 57.6 Å². The highest BCUT2D eigenvalue weighted by atomic mass is 79.9. The van der Waals surface area contributed by atoms with Crippen molar-refractivity contribution in [2.24, 2.45) is 0 Å². The first kappa shape index (κ1) is 13.8. The van der Waals surface area contributed by atoms with Gasteiger partial charge in [-0.15, -0.1) is 0 Å². The Hall–Kier alpha value is -1.62. The third-order valence-electron chi connectivity index (χ3n) is 2.84. The monoisotopic (exact) mass is 327 g/mol. The molecule has 0 saturated heterocycles. The molecule has 2 aromatic carbocycles. The Bertz CT molecular complexity index is 617. The molecule has 0 fully saturated rings. The van der Waals surface area contributed by atoms with Gasteiger partial charge in [0.15, 0.2) is 0 Å². The van der Waals surface area contributed by atoms with Gasteiger partial charge >= 0.3 is 0 Å². The van der Waals surface area contributed by atoms with Crippen LogP contribution in [0.1, 0.15) is 11.1 Å². The Labute approximate surface area is 118 Å². The molecular weight excluding hydrogens is 316 g/mol. The number of anilines is 1. The van der Waals surface area contributed by atoms with Crippen molar-refractivity contribution in [1.29, 1.82) is 0 Å². The van der Waals surface area contributed by atoms with Crippen LogP contribution in [0.15, 0.2) is 34.8 Å². The molecule has 2 rings (SSSR count). The first-order chi connectivity index (χ1) is 9.00. The molecule has 0 atom stereocenters. The van der Waals surface area contributed by atoms with Crippen LogP contribution in [-0.4, -0.2) is 0 Å². The molecule has 100 valence electrons. The summed E-state index contributed by atoms with van der Waals surface area (Å²) in [4.78, 5) is 0. The molecule has 0 aliphatic carbocycles. The fourth-order valence-corrected chi connectivity index (χ4v) is 2.01. The van der Waals surface area contributed by atoms with E-state index in [9.17, 15) is 8.78 Å². The van der Waals surface area contributed by atoms with E-state index < -0.39 is 11.6 Å². The summed E-state index contributed by atoms with van der Waals surface area (Å²) < 4.78 is 32.9. The molecule has 0 spiro atoms. The second-order valence-corrected chi connectivity index (χ2v) is 4.94. The second-order valence-electron chi connectivity index (χ2n) is 4.08. The molecular formula is C14H12BrF2NO. The van der Waals surface area contributed by atoms with Gasteiger partial charge in [-0.05, 0) is 47.1 Å². The molecule has 0 saturated carbocycles. The molecule has 2 aromatic rings. The van der Waals surface area contributed by atoms with Crippen LogP contribution < -0.4 is 10.5 Å². The maximum atomic E-state index is 13.8. The Morgan fingerprint density at radius 3 is 2.68 bits per heavy atom. The van der Waals surface area contributed by atoms with Gasteiger partial charge in [0.25, 0.3) is 0 Å². The van der Waals surface area contributed by atoms with Crippen molar-refractivity contribution < 1.29 is 13.5 Å². The summed E-state index contributed by atoms with van der Waals surface area (Å²) in [5, 5.41) is 0. The summed E-state index contributed by atoms with van der Waals surface area (Å²) in [5.41, 5.74) is 6.95. The minimum Gasteiger partial charge on any atom is -0.488 e. The maximum Gasteiger partial charge on any atom is 0.146 e. The van der Waals surface area contributed by atoms with Gasteiger partial charge in [0.05, 0.1) is 10.0 Å². The van der Waals surface area contributed by atoms with Crippen molar-refractivity contribution in [2.45, 2.75) is 13.5 Å². The molecule has 2 nitrogen and oxygen atoms in total. The standard InChI is InChI=1S/C14H12BrF2NO/c1-8-12(18)3-2-4-13(8)19-7-9-11(16)6-5-10(15)14(9)17/h2-6H,7,18H2,1H3. The molecule has 0 amide bonds. The first-order valence-corrected chi connectivity index (χ1v) is 6.40. The molecule has 0 radical (unpaired) electrons. The first-order valence-electron chi connectivity index (χ1n) is 5.61. The minimum absolute atomic E-state index is 0.115. The smallest absolute Gasteiger partial charge is 0.146 e. The number of hydrogen-bond acceptors (Lipinski definition) is 2. The van der Waals surface area contributed by atoms with Crippen LogP contribution in [0.4, 0.5) is 14.5 Å². The number of nitrogen functional groups attached to an aromatic ring is 1. The van der Waals surface area contributed by atoms with Crippen molar-refractivity contribution in [3.63, 3.8) is 0 Å². The zero-order valence-corrected chi connectivity index (χ0v) is 11.8. The Morgan fingerprint density at radius 1 is 1.21 bits per heavy atom. The maximum absolute atomic E-state index is 13.8. The Kier molecular flexibility index (Phi) is 4.04. The number of halogens is 3. The van der Waals surface area contributed by atoms with Crippen LogP contribution in [0.2, 0.25) is 0 Å². The van der Waals surface area contributed by atoms with E-state index in [1.54, 1.807) is 25.1 Å². The lowest BCUT2D eigenvalue weighted by atomic mass is 10.2. The topological polar surface area (TPSA) is 35.2 Å². The van der Waals surface area contributed by atoms with Gasteiger partial charge in [-0.2, -0.15) is 0 Å². The van der Waals surface area contributed by atoms with Crippen LogP contribution in [0.5, 0.6) is 5.75 Å². The Balaban J connectivity index is 2.24. The number of nitrogens with two attached hydrogens (primary N) is 1. The predicted molar refractivity (Wildman–Crippen MR) is 74.0 cm³/mol. The van der Waals surface area contributed by atoms with Crippen molar-refractivity contribution in [3.8, 4) is 5.75 Å². The van der Waals surface area contributed by atoms with Crippen LogP contribution in [-0.2, 0) is 6.61 Å². The van der Waals surface area contributed by atoms with Gasteiger partial charge in [0.1, 0.15) is 24.0 Å². The van der Waals surface area contributed by atoms with Gasteiger partial charge in [0.2, 0.25) is 0 Å². The highest BCUT2D eigenvalue weighted by Crippen LogP contribution is 2.26. The Morgan fingerprint density at radius 2 is 1.95 bits per heavy atom. The van der Waals surface area contributed by atoms with Crippen LogP contribution in [0.25, 0.3) is 0 Å². The fraction of sp³-hybridized carbons (Fsp3) is 0.143. The van der Waals surface area contributed by atoms with Crippen molar-refractivity contribution in [1.82, 2.24) is 0 Å². The number of ether oxygens (including phenoxy) is 1.